The van der Waals surface area contributed by atoms with Crippen LogP contribution in [0.5, 0.6) is 0 Å². The molecule has 0 saturated carbocycles. The Morgan fingerprint density at radius 2 is 1.53 bits per heavy atom. The fourth-order valence-electron chi connectivity index (χ4n) is 1.49. The van der Waals surface area contributed by atoms with Gasteiger partial charge in [-0.3, -0.25) is 0 Å². The molecule has 0 aromatic heterocycles. The molecule has 6 heteroatoms. The van der Waals surface area contributed by atoms with Gasteiger partial charge in [-0.25, -0.2) is 0 Å². The van der Waals surface area contributed by atoms with E-state index in [4.69, 9.17) is 0 Å². The maximum atomic E-state index is 12.7. The number of halogens is 5. The van der Waals surface area contributed by atoms with Crippen LogP contribution in [0.4, 0.5) is 24.5 Å². The third-order valence-electron chi connectivity index (χ3n) is 2.42. The van der Waals surface area contributed by atoms with Crippen LogP contribution < -0.4 is 5.32 Å². The van der Waals surface area contributed by atoms with Crippen LogP contribution in [0.15, 0.2) is 42.5 Å². The summed E-state index contributed by atoms with van der Waals surface area (Å²) >= 11 is 4.18. The van der Waals surface area contributed by atoms with Crippen molar-refractivity contribution >= 4 is 56.6 Å². The van der Waals surface area contributed by atoms with Gasteiger partial charge in [0.05, 0.1) is 11.3 Å². The molecule has 0 saturated heterocycles. The molecule has 2 rings (SSSR count). The van der Waals surface area contributed by atoms with E-state index in [-0.39, 0.29) is 0 Å². The van der Waals surface area contributed by atoms with Gasteiger partial charge in [0.15, 0.2) is 0 Å². The van der Waals surface area contributed by atoms with Crippen molar-refractivity contribution in [1.29, 1.82) is 0 Å². The van der Waals surface area contributed by atoms with Gasteiger partial charge < -0.3 is 5.32 Å². The number of hydrogen-bond donors (Lipinski definition) is 1. The molecule has 0 heterocycles. The molecule has 0 fully saturated rings. The van der Waals surface area contributed by atoms with E-state index in [1.807, 2.05) is 46.9 Å². The highest BCUT2D eigenvalue weighted by molar-refractivity contribution is 14.1. The molecule has 2 aromatic rings. The number of benzene rings is 2. The van der Waals surface area contributed by atoms with Crippen molar-refractivity contribution in [3.63, 3.8) is 0 Å². The third-order valence-corrected chi connectivity index (χ3v) is 4.08. The van der Waals surface area contributed by atoms with Gasteiger partial charge in [-0.1, -0.05) is 0 Å². The average molecular weight is 489 g/mol. The summed E-state index contributed by atoms with van der Waals surface area (Å²) in [5.41, 5.74) is 0.565. The van der Waals surface area contributed by atoms with Gasteiger partial charge in [0.25, 0.3) is 0 Å². The molecular weight excluding hydrogens is 481 g/mol. The first-order chi connectivity index (χ1) is 8.86. The predicted octanol–water partition coefficient (Wildman–Crippen LogP) is 5.66. The minimum atomic E-state index is -4.33. The van der Waals surface area contributed by atoms with Crippen molar-refractivity contribution in [2.75, 3.05) is 5.32 Å². The number of rotatable bonds is 2. The molecule has 0 atom stereocenters. The zero-order valence-electron chi connectivity index (χ0n) is 9.43. The highest BCUT2D eigenvalue weighted by Gasteiger charge is 2.30. The van der Waals surface area contributed by atoms with Crippen LogP contribution in [0.3, 0.4) is 0 Å². The average Bonchev–Trinajstić information content (AvgIpc) is 2.33. The first kappa shape index (κ1) is 14.9. The summed E-state index contributed by atoms with van der Waals surface area (Å²) in [6.45, 7) is 0. The van der Waals surface area contributed by atoms with E-state index in [9.17, 15) is 13.2 Å². The van der Waals surface area contributed by atoms with E-state index in [0.717, 1.165) is 25.0 Å². The van der Waals surface area contributed by atoms with Crippen molar-refractivity contribution in [3.8, 4) is 0 Å². The Balaban J connectivity index is 2.31. The van der Waals surface area contributed by atoms with Crippen LogP contribution in [0, 0.1) is 7.14 Å². The lowest BCUT2D eigenvalue weighted by Crippen LogP contribution is -2.06. The number of anilines is 2. The Morgan fingerprint density at radius 3 is 2.11 bits per heavy atom. The summed E-state index contributed by atoms with van der Waals surface area (Å²) in [6, 6.07) is 11.1. The van der Waals surface area contributed by atoms with E-state index in [2.05, 4.69) is 27.9 Å². The van der Waals surface area contributed by atoms with Gasteiger partial charge >= 0.3 is 6.18 Å². The zero-order valence-corrected chi connectivity index (χ0v) is 13.7. The summed E-state index contributed by atoms with van der Waals surface area (Å²) in [5, 5.41) is 3.00. The monoisotopic (exact) mass is 489 g/mol. The second-order valence-corrected chi connectivity index (χ2v) is 6.23. The molecule has 0 aliphatic carbocycles. The smallest absolute Gasteiger partial charge is 0.355 e. The van der Waals surface area contributed by atoms with Crippen molar-refractivity contribution in [2.45, 2.75) is 6.18 Å². The topological polar surface area (TPSA) is 12.0 Å². The van der Waals surface area contributed by atoms with Crippen molar-refractivity contribution in [1.82, 2.24) is 0 Å². The van der Waals surface area contributed by atoms with E-state index < -0.39 is 11.7 Å². The molecular formula is C13H8F3I2N. The fourth-order valence-corrected chi connectivity index (χ4v) is 2.32. The SMILES string of the molecule is FC(F)(F)c1ccc(I)c(Nc2ccc(I)cc2)c1. The summed E-state index contributed by atoms with van der Waals surface area (Å²) < 4.78 is 39.8. The van der Waals surface area contributed by atoms with Gasteiger partial charge in [0.2, 0.25) is 0 Å². The summed E-state index contributed by atoms with van der Waals surface area (Å²) in [4.78, 5) is 0. The molecule has 1 nitrogen and oxygen atoms in total. The number of nitrogens with one attached hydrogen (secondary N) is 1. The van der Waals surface area contributed by atoms with Crippen molar-refractivity contribution < 1.29 is 13.2 Å². The largest absolute Gasteiger partial charge is 0.416 e. The zero-order chi connectivity index (χ0) is 14.0. The van der Waals surface area contributed by atoms with Gasteiger partial charge in [-0.05, 0) is 87.6 Å². The predicted molar refractivity (Wildman–Crippen MR) is 86.6 cm³/mol. The summed E-state index contributed by atoms with van der Waals surface area (Å²) in [6.07, 6.45) is -4.33. The minimum Gasteiger partial charge on any atom is -0.355 e. The lowest BCUT2D eigenvalue weighted by Gasteiger charge is -2.12. The molecule has 100 valence electrons. The van der Waals surface area contributed by atoms with E-state index in [1.54, 1.807) is 0 Å². The minimum absolute atomic E-state index is 0.455. The molecule has 2 aromatic carbocycles. The van der Waals surface area contributed by atoms with E-state index in [1.165, 1.54) is 6.07 Å². The van der Waals surface area contributed by atoms with Crippen LogP contribution in [0.2, 0.25) is 0 Å². The maximum Gasteiger partial charge on any atom is 0.416 e. The molecule has 0 amide bonds. The van der Waals surface area contributed by atoms with Gasteiger partial charge in [-0.2, -0.15) is 13.2 Å². The Morgan fingerprint density at radius 1 is 0.895 bits per heavy atom. The quantitative estimate of drug-likeness (QED) is 0.538. The highest BCUT2D eigenvalue weighted by atomic mass is 127. The second kappa shape index (κ2) is 5.86. The first-order valence-corrected chi connectivity index (χ1v) is 7.41. The second-order valence-electron chi connectivity index (χ2n) is 3.82. The Bertz CT molecular complexity index is 579. The Kier molecular flexibility index (Phi) is 4.59. The van der Waals surface area contributed by atoms with Crippen molar-refractivity contribution in [2.24, 2.45) is 0 Å². The lowest BCUT2D eigenvalue weighted by atomic mass is 10.2. The van der Waals surface area contributed by atoms with E-state index in [0.29, 0.717) is 5.69 Å². The molecule has 19 heavy (non-hydrogen) atoms. The van der Waals surface area contributed by atoms with Gasteiger partial charge in [-0.15, -0.1) is 0 Å². The van der Waals surface area contributed by atoms with Crippen LogP contribution in [0.1, 0.15) is 5.56 Å². The normalized spacial score (nSPS) is 11.4. The van der Waals surface area contributed by atoms with Crippen LogP contribution >= 0.6 is 45.2 Å². The third kappa shape index (κ3) is 3.98. The van der Waals surface area contributed by atoms with Crippen LogP contribution in [-0.4, -0.2) is 0 Å². The molecule has 0 aliphatic rings. The van der Waals surface area contributed by atoms with Crippen LogP contribution in [0.25, 0.3) is 0 Å². The van der Waals surface area contributed by atoms with E-state index >= 15 is 0 Å². The van der Waals surface area contributed by atoms with Crippen molar-refractivity contribution in [3.05, 3.63) is 55.2 Å². The van der Waals surface area contributed by atoms with Gasteiger partial charge in [0, 0.05) is 12.8 Å². The first-order valence-electron chi connectivity index (χ1n) is 5.25. The molecule has 0 spiro atoms. The van der Waals surface area contributed by atoms with Crippen LogP contribution in [-0.2, 0) is 6.18 Å². The molecule has 0 radical (unpaired) electrons. The molecule has 1 N–H and O–H groups in total. The molecule has 0 bridgehead atoms. The number of hydrogen-bond acceptors (Lipinski definition) is 1. The molecule has 0 aliphatic heterocycles. The standard InChI is InChI=1S/C13H8F3I2N/c14-13(15,16)8-1-6-11(18)12(7-8)19-10-4-2-9(17)3-5-10/h1-7,19H. The summed E-state index contributed by atoms with van der Waals surface area (Å²) in [7, 11) is 0. The molecule has 0 unspecified atom stereocenters. The summed E-state index contributed by atoms with van der Waals surface area (Å²) in [5.74, 6) is 0. The maximum absolute atomic E-state index is 12.7. The Labute approximate surface area is 135 Å². The highest BCUT2D eigenvalue weighted by Crippen LogP contribution is 2.33. The number of alkyl halides is 3. The Hall–Kier alpha value is -0.510. The fraction of sp³-hybridized carbons (Fsp3) is 0.0769. The van der Waals surface area contributed by atoms with Gasteiger partial charge in [0.1, 0.15) is 0 Å². The lowest BCUT2D eigenvalue weighted by molar-refractivity contribution is -0.137.